The largest absolute Gasteiger partial charge is 0.377 e. The molecule has 0 fully saturated rings. The lowest BCUT2D eigenvalue weighted by Gasteiger charge is -2.24. The van der Waals surface area contributed by atoms with E-state index in [1.165, 1.54) is 0 Å². The van der Waals surface area contributed by atoms with Crippen LogP contribution in [0.4, 0.5) is 0 Å². The molecule has 0 saturated heterocycles. The molecule has 0 heterocycles. The third-order valence-electron chi connectivity index (χ3n) is 2.27. The van der Waals surface area contributed by atoms with Crippen LogP contribution in [0.1, 0.15) is 20.8 Å². The van der Waals surface area contributed by atoms with Gasteiger partial charge in [-0.1, -0.05) is 0 Å². The van der Waals surface area contributed by atoms with Gasteiger partial charge in [0.2, 0.25) is 10.0 Å². The molecule has 0 aromatic rings. The topological polar surface area (TPSA) is 67.4 Å². The fourth-order valence-corrected chi connectivity index (χ4v) is 2.11. The Morgan fingerprint density at radius 1 is 1.40 bits per heavy atom. The Balaban J connectivity index is 4.28. The molecule has 5 nitrogen and oxygen atoms in total. The lowest BCUT2D eigenvalue weighted by atomic mass is 10.1. The van der Waals surface area contributed by atoms with Crippen LogP contribution < -0.4 is 10.0 Å². The molecule has 0 rings (SSSR count). The van der Waals surface area contributed by atoms with Gasteiger partial charge in [0, 0.05) is 20.2 Å². The molecule has 0 amide bonds. The lowest BCUT2D eigenvalue weighted by Crippen LogP contribution is -2.44. The summed E-state index contributed by atoms with van der Waals surface area (Å²) in [7, 11) is 0.0299. The fourth-order valence-electron chi connectivity index (χ4n) is 0.886. The number of nitrogens with one attached hydrogen (secondary N) is 2. The van der Waals surface area contributed by atoms with Crippen LogP contribution in [0, 0.1) is 0 Å². The first-order valence-electron chi connectivity index (χ1n) is 4.93. The molecule has 1 atom stereocenters. The van der Waals surface area contributed by atoms with Crippen molar-refractivity contribution in [1.82, 2.24) is 10.0 Å². The Morgan fingerprint density at radius 3 is 2.33 bits per heavy atom. The van der Waals surface area contributed by atoms with Crippen LogP contribution in [0.25, 0.3) is 0 Å². The summed E-state index contributed by atoms with van der Waals surface area (Å²) >= 11 is 0. The molecule has 92 valence electrons. The van der Waals surface area contributed by atoms with Gasteiger partial charge in [0.05, 0.1) is 10.9 Å². The van der Waals surface area contributed by atoms with E-state index in [0.29, 0.717) is 6.54 Å². The fraction of sp³-hybridized carbons (Fsp3) is 1.00. The average molecular weight is 238 g/mol. The highest BCUT2D eigenvalue weighted by atomic mass is 32.2. The summed E-state index contributed by atoms with van der Waals surface area (Å²) in [6.45, 7) is 6.04. The lowest BCUT2D eigenvalue weighted by molar-refractivity contribution is 0.0276. The summed E-state index contributed by atoms with van der Waals surface area (Å²) in [6.07, 6.45) is 0. The number of methoxy groups -OCH3 is 1. The molecule has 0 aromatic carbocycles. The first-order chi connectivity index (χ1) is 6.75. The van der Waals surface area contributed by atoms with Gasteiger partial charge in [0.25, 0.3) is 0 Å². The Morgan fingerprint density at radius 2 is 1.93 bits per heavy atom. The molecule has 0 aliphatic rings. The molecule has 0 radical (unpaired) electrons. The maximum atomic E-state index is 11.7. The van der Waals surface area contributed by atoms with E-state index < -0.39 is 20.9 Å². The van der Waals surface area contributed by atoms with Gasteiger partial charge in [0.15, 0.2) is 0 Å². The zero-order chi connectivity index (χ0) is 12.1. The van der Waals surface area contributed by atoms with E-state index in [2.05, 4.69) is 10.0 Å². The summed E-state index contributed by atoms with van der Waals surface area (Å²) in [5.74, 6) is 0. The minimum Gasteiger partial charge on any atom is -0.377 e. The molecule has 0 aliphatic carbocycles. The van der Waals surface area contributed by atoms with Crippen LogP contribution in [0.15, 0.2) is 0 Å². The highest BCUT2D eigenvalue weighted by molar-refractivity contribution is 7.90. The Bertz CT molecular complexity index is 275. The van der Waals surface area contributed by atoms with E-state index in [1.807, 2.05) is 13.8 Å². The second-order valence-corrected chi connectivity index (χ2v) is 6.38. The van der Waals surface area contributed by atoms with Gasteiger partial charge in [-0.3, -0.25) is 0 Å². The smallest absolute Gasteiger partial charge is 0.215 e. The maximum absolute atomic E-state index is 11.7. The van der Waals surface area contributed by atoms with E-state index in [0.717, 1.165) is 0 Å². The van der Waals surface area contributed by atoms with Crippen molar-refractivity contribution in [3.05, 3.63) is 0 Å². The van der Waals surface area contributed by atoms with Crippen molar-refractivity contribution in [3.8, 4) is 0 Å². The summed E-state index contributed by atoms with van der Waals surface area (Å²) in [5.41, 5.74) is -0.480. The molecule has 15 heavy (non-hydrogen) atoms. The second-order valence-electron chi connectivity index (χ2n) is 4.20. The van der Waals surface area contributed by atoms with Gasteiger partial charge < -0.3 is 10.1 Å². The zero-order valence-electron chi connectivity index (χ0n) is 10.1. The van der Waals surface area contributed by atoms with Gasteiger partial charge in [-0.25, -0.2) is 13.1 Å². The number of sulfonamides is 1. The number of ether oxygens (including phenoxy) is 1. The first-order valence-corrected chi connectivity index (χ1v) is 6.48. The summed E-state index contributed by atoms with van der Waals surface area (Å²) in [5, 5.41) is 2.39. The Kier molecular flexibility index (Phi) is 5.72. The van der Waals surface area contributed by atoms with E-state index in [1.54, 1.807) is 21.1 Å². The molecular weight excluding hydrogens is 216 g/mol. The number of hydrogen-bond acceptors (Lipinski definition) is 4. The van der Waals surface area contributed by atoms with Gasteiger partial charge >= 0.3 is 0 Å². The van der Waals surface area contributed by atoms with Crippen LogP contribution in [-0.4, -0.2) is 46.5 Å². The second kappa shape index (κ2) is 5.79. The Labute approximate surface area is 92.6 Å². The quantitative estimate of drug-likeness (QED) is 0.652. The van der Waals surface area contributed by atoms with Crippen LogP contribution in [0.5, 0.6) is 0 Å². The number of hydrogen-bond donors (Lipinski definition) is 2. The van der Waals surface area contributed by atoms with Crippen molar-refractivity contribution in [2.45, 2.75) is 31.6 Å². The van der Waals surface area contributed by atoms with Gasteiger partial charge in [-0.15, -0.1) is 0 Å². The van der Waals surface area contributed by atoms with Gasteiger partial charge in [-0.05, 0) is 27.8 Å². The molecule has 2 N–H and O–H groups in total. The zero-order valence-corrected chi connectivity index (χ0v) is 10.9. The SMILES string of the molecule is CNCC(C)S(=O)(=O)NCC(C)(C)OC. The third kappa shape index (κ3) is 5.46. The van der Waals surface area contributed by atoms with E-state index in [-0.39, 0.29) is 6.54 Å². The molecule has 0 saturated carbocycles. The normalized spacial score (nSPS) is 15.3. The molecule has 0 aliphatic heterocycles. The average Bonchev–Trinajstić information content (AvgIpc) is 2.16. The van der Waals surface area contributed by atoms with E-state index >= 15 is 0 Å². The van der Waals surface area contributed by atoms with Gasteiger partial charge in [0.1, 0.15) is 0 Å². The van der Waals surface area contributed by atoms with Crippen LogP contribution in [-0.2, 0) is 14.8 Å². The molecule has 0 spiro atoms. The van der Waals surface area contributed by atoms with Crippen molar-refractivity contribution < 1.29 is 13.2 Å². The maximum Gasteiger partial charge on any atom is 0.215 e. The molecule has 0 bridgehead atoms. The van der Waals surface area contributed by atoms with E-state index in [9.17, 15) is 8.42 Å². The summed E-state index contributed by atoms with van der Waals surface area (Å²) < 4.78 is 31.0. The first kappa shape index (κ1) is 14.8. The van der Waals surface area contributed by atoms with Crippen molar-refractivity contribution in [3.63, 3.8) is 0 Å². The molecule has 0 aromatic heterocycles. The van der Waals surface area contributed by atoms with Crippen molar-refractivity contribution in [2.24, 2.45) is 0 Å². The standard InChI is InChI=1S/C9H22N2O3S/c1-8(6-10-4)15(12,13)11-7-9(2,3)14-5/h8,10-11H,6-7H2,1-5H3. The van der Waals surface area contributed by atoms with Crippen molar-refractivity contribution in [2.75, 3.05) is 27.2 Å². The van der Waals surface area contributed by atoms with Gasteiger partial charge in [-0.2, -0.15) is 0 Å². The van der Waals surface area contributed by atoms with Crippen molar-refractivity contribution in [1.29, 1.82) is 0 Å². The minimum atomic E-state index is -3.26. The van der Waals surface area contributed by atoms with E-state index in [4.69, 9.17) is 4.74 Å². The highest BCUT2D eigenvalue weighted by Crippen LogP contribution is 2.06. The minimum absolute atomic E-state index is 0.278. The molecular formula is C9H22N2O3S. The third-order valence-corrected chi connectivity index (χ3v) is 4.05. The monoisotopic (exact) mass is 238 g/mol. The highest BCUT2D eigenvalue weighted by Gasteiger charge is 2.24. The van der Waals surface area contributed by atoms with Crippen LogP contribution >= 0.6 is 0 Å². The summed E-state index contributed by atoms with van der Waals surface area (Å²) in [6, 6.07) is 0. The van der Waals surface area contributed by atoms with Crippen LogP contribution in [0.3, 0.4) is 0 Å². The predicted octanol–water partition coefficient (Wildman–Crippen LogP) is -0.0613. The number of rotatable bonds is 7. The van der Waals surface area contributed by atoms with Crippen LogP contribution in [0.2, 0.25) is 0 Å². The van der Waals surface area contributed by atoms with Crippen molar-refractivity contribution >= 4 is 10.0 Å². The predicted molar refractivity (Wildman–Crippen MR) is 61.4 cm³/mol. The summed E-state index contributed by atoms with van der Waals surface area (Å²) in [4.78, 5) is 0. The molecule has 6 heteroatoms. The molecule has 1 unspecified atom stereocenters. The Hall–Kier alpha value is -0.170.